The maximum absolute atomic E-state index is 11.1. The molecule has 1 rings (SSSR count). The van der Waals surface area contributed by atoms with Gasteiger partial charge in [-0.05, 0) is 18.1 Å². The first-order valence-electron chi connectivity index (χ1n) is 4.12. The molecule has 0 spiro atoms. The largest absolute Gasteiger partial charge is 1.00 e. The predicted molar refractivity (Wildman–Crippen MR) is 46.4 cm³/mol. The van der Waals surface area contributed by atoms with Gasteiger partial charge >= 0.3 is 29.6 Å². The van der Waals surface area contributed by atoms with E-state index >= 15 is 0 Å². The first kappa shape index (κ1) is 12.8. The minimum atomic E-state index is -0.0441. The molecule has 0 amide bonds. The van der Waals surface area contributed by atoms with Crippen LogP contribution in [0.4, 0.5) is 0 Å². The Morgan fingerprint density at radius 3 is 2.62 bits per heavy atom. The van der Waals surface area contributed by atoms with Crippen molar-refractivity contribution in [3.63, 3.8) is 0 Å². The van der Waals surface area contributed by atoms with E-state index in [0.29, 0.717) is 5.75 Å². The van der Waals surface area contributed by atoms with E-state index in [1.54, 1.807) is 6.07 Å². The van der Waals surface area contributed by atoms with Crippen molar-refractivity contribution in [2.75, 3.05) is 7.11 Å². The number of hydrogen-bond acceptors (Lipinski definition) is 2. The van der Waals surface area contributed by atoms with Crippen LogP contribution in [0.5, 0.6) is 11.5 Å². The van der Waals surface area contributed by atoms with Crippen molar-refractivity contribution < 1.29 is 39.4 Å². The number of benzene rings is 1. The summed E-state index contributed by atoms with van der Waals surface area (Å²) in [5.41, 5.74) is 1.16. The van der Waals surface area contributed by atoms with E-state index in [9.17, 15) is 5.11 Å². The van der Waals surface area contributed by atoms with Crippen LogP contribution in [0.15, 0.2) is 18.2 Å². The van der Waals surface area contributed by atoms with E-state index in [0.717, 1.165) is 18.4 Å². The van der Waals surface area contributed by atoms with Crippen molar-refractivity contribution >= 4 is 0 Å². The van der Waals surface area contributed by atoms with E-state index in [1.807, 2.05) is 12.1 Å². The molecule has 2 nitrogen and oxygen atoms in total. The van der Waals surface area contributed by atoms with Gasteiger partial charge in [-0.3, -0.25) is 0 Å². The summed E-state index contributed by atoms with van der Waals surface area (Å²) in [5, 5.41) is 11.1. The van der Waals surface area contributed by atoms with Crippen LogP contribution in [0.1, 0.15) is 18.9 Å². The van der Waals surface area contributed by atoms with Crippen molar-refractivity contribution in [2.24, 2.45) is 0 Å². The molecule has 0 aliphatic carbocycles. The molecule has 1 aromatic rings. The standard InChI is InChI=1S/C10H14O2.Na/c1-3-4-8-5-6-9(11)10(7-8)12-2;/h5-7,11H,3-4H2,1-2H3;/q;+1/p-1. The Hall–Kier alpha value is -0.180. The molecule has 0 aliphatic heterocycles. The van der Waals surface area contributed by atoms with Gasteiger partial charge in [-0.15, -0.1) is 0 Å². The van der Waals surface area contributed by atoms with Crippen LogP contribution in [-0.2, 0) is 6.42 Å². The van der Waals surface area contributed by atoms with E-state index in [-0.39, 0.29) is 35.3 Å². The third kappa shape index (κ3) is 3.59. The quantitative estimate of drug-likeness (QED) is 0.554. The normalized spacial score (nSPS) is 9.08. The third-order valence-corrected chi connectivity index (χ3v) is 1.77. The zero-order valence-corrected chi connectivity index (χ0v) is 10.5. The minimum Gasteiger partial charge on any atom is -0.870 e. The predicted octanol–water partition coefficient (Wildman–Crippen LogP) is -1.27. The van der Waals surface area contributed by atoms with Crippen LogP contribution >= 0.6 is 0 Å². The van der Waals surface area contributed by atoms with Crippen LogP contribution in [0.25, 0.3) is 0 Å². The zero-order valence-electron chi connectivity index (χ0n) is 8.46. The molecule has 0 heterocycles. The molecule has 0 saturated carbocycles. The van der Waals surface area contributed by atoms with Crippen LogP contribution in [0.3, 0.4) is 0 Å². The molecule has 0 saturated heterocycles. The summed E-state index contributed by atoms with van der Waals surface area (Å²) >= 11 is 0. The van der Waals surface area contributed by atoms with Crippen LogP contribution in [0.2, 0.25) is 0 Å². The summed E-state index contributed by atoms with van der Waals surface area (Å²) in [7, 11) is 1.52. The Kier molecular flexibility index (Phi) is 6.21. The molecule has 0 atom stereocenters. The molecular weight excluding hydrogens is 175 g/mol. The van der Waals surface area contributed by atoms with Gasteiger partial charge in [-0.25, -0.2) is 0 Å². The molecule has 3 heteroatoms. The molecule has 0 fully saturated rings. The summed E-state index contributed by atoms with van der Waals surface area (Å²) in [6.07, 6.45) is 2.08. The molecule has 66 valence electrons. The minimum absolute atomic E-state index is 0. The molecule has 0 aliphatic rings. The summed E-state index contributed by atoms with van der Waals surface area (Å²) in [4.78, 5) is 0. The van der Waals surface area contributed by atoms with E-state index < -0.39 is 0 Å². The van der Waals surface area contributed by atoms with Crippen molar-refractivity contribution in [1.82, 2.24) is 0 Å². The number of aryl methyl sites for hydroxylation is 1. The molecule has 0 N–H and O–H groups in total. The topological polar surface area (TPSA) is 32.3 Å². The summed E-state index contributed by atoms with van der Waals surface area (Å²) in [5.74, 6) is 0.401. The molecule has 0 unspecified atom stereocenters. The summed E-state index contributed by atoms with van der Waals surface area (Å²) in [6.45, 7) is 2.11. The fourth-order valence-electron chi connectivity index (χ4n) is 1.16. The van der Waals surface area contributed by atoms with Gasteiger partial charge in [-0.1, -0.05) is 31.2 Å². The Morgan fingerprint density at radius 2 is 2.08 bits per heavy atom. The Bertz CT molecular complexity index is 261. The average molecular weight is 188 g/mol. The van der Waals surface area contributed by atoms with Crippen molar-refractivity contribution in [2.45, 2.75) is 19.8 Å². The van der Waals surface area contributed by atoms with Gasteiger partial charge in [0, 0.05) is 0 Å². The van der Waals surface area contributed by atoms with E-state index in [1.165, 1.54) is 7.11 Å². The van der Waals surface area contributed by atoms with Gasteiger partial charge in [-0.2, -0.15) is 0 Å². The van der Waals surface area contributed by atoms with Crippen LogP contribution < -0.4 is 39.4 Å². The average Bonchev–Trinajstić information content (AvgIpc) is 2.09. The van der Waals surface area contributed by atoms with Gasteiger partial charge in [0.15, 0.2) is 0 Å². The van der Waals surface area contributed by atoms with Gasteiger partial charge < -0.3 is 9.84 Å². The second-order valence-electron chi connectivity index (χ2n) is 2.74. The second kappa shape index (κ2) is 6.30. The molecule has 0 aromatic heterocycles. The number of methoxy groups -OCH3 is 1. The van der Waals surface area contributed by atoms with Gasteiger partial charge in [0.2, 0.25) is 0 Å². The Labute approximate surface area is 101 Å². The van der Waals surface area contributed by atoms with Crippen molar-refractivity contribution in [1.29, 1.82) is 0 Å². The number of hydrogen-bond donors (Lipinski definition) is 0. The number of ether oxygens (including phenoxy) is 1. The molecule has 0 radical (unpaired) electrons. The summed E-state index contributed by atoms with van der Waals surface area (Å²) < 4.78 is 4.92. The van der Waals surface area contributed by atoms with Gasteiger partial charge in [0.1, 0.15) is 5.75 Å². The molecule has 0 bridgehead atoms. The smallest absolute Gasteiger partial charge is 0.870 e. The van der Waals surface area contributed by atoms with Gasteiger partial charge in [0.25, 0.3) is 0 Å². The molecular formula is C10H13NaO2. The SMILES string of the molecule is CCCc1ccc([O-])c(OC)c1.[Na+]. The van der Waals surface area contributed by atoms with E-state index in [2.05, 4.69) is 6.92 Å². The zero-order chi connectivity index (χ0) is 8.97. The van der Waals surface area contributed by atoms with Crippen molar-refractivity contribution in [3.05, 3.63) is 23.8 Å². The maximum atomic E-state index is 11.1. The van der Waals surface area contributed by atoms with E-state index in [4.69, 9.17) is 4.74 Å². The van der Waals surface area contributed by atoms with Crippen molar-refractivity contribution in [3.8, 4) is 11.5 Å². The summed E-state index contributed by atoms with van der Waals surface area (Å²) in [6, 6.07) is 5.23. The van der Waals surface area contributed by atoms with Gasteiger partial charge in [0.05, 0.1) is 7.11 Å². The monoisotopic (exact) mass is 188 g/mol. The first-order chi connectivity index (χ1) is 5.77. The fraction of sp³-hybridized carbons (Fsp3) is 0.400. The number of rotatable bonds is 3. The Morgan fingerprint density at radius 1 is 1.38 bits per heavy atom. The first-order valence-corrected chi connectivity index (χ1v) is 4.12. The molecule has 13 heavy (non-hydrogen) atoms. The maximum Gasteiger partial charge on any atom is 1.00 e. The third-order valence-electron chi connectivity index (χ3n) is 1.77. The van der Waals surface area contributed by atoms with Crippen LogP contribution in [0, 0.1) is 0 Å². The Balaban J connectivity index is 0.00000144. The second-order valence-corrected chi connectivity index (χ2v) is 2.74. The van der Waals surface area contributed by atoms with Crippen LogP contribution in [-0.4, -0.2) is 7.11 Å². The molecule has 1 aromatic carbocycles. The fourth-order valence-corrected chi connectivity index (χ4v) is 1.16.